The summed E-state index contributed by atoms with van der Waals surface area (Å²) in [5.41, 5.74) is -2.61. The van der Waals surface area contributed by atoms with Gasteiger partial charge in [0, 0.05) is 30.4 Å². The highest BCUT2D eigenvalue weighted by Gasteiger charge is 2.48. The minimum absolute atomic E-state index is 0.136. The maximum Gasteiger partial charge on any atom is 0.534 e. The van der Waals surface area contributed by atoms with Crippen molar-refractivity contribution in [1.29, 1.82) is 0 Å². The van der Waals surface area contributed by atoms with Crippen LogP contribution in [0.1, 0.15) is 53.9 Å². The number of morpholine rings is 1. The molecule has 1 N–H and O–H groups in total. The molecule has 1 unspecified atom stereocenters. The summed E-state index contributed by atoms with van der Waals surface area (Å²) in [5, 5.41) is 3.81. The molecule has 46 heavy (non-hydrogen) atoms. The van der Waals surface area contributed by atoms with Crippen LogP contribution in [0.5, 0.6) is 5.75 Å². The van der Waals surface area contributed by atoms with Crippen LogP contribution in [0.15, 0.2) is 57.9 Å². The van der Waals surface area contributed by atoms with Crippen LogP contribution in [-0.4, -0.2) is 51.5 Å². The molecule has 0 radical (unpaired) electrons. The Morgan fingerprint density at radius 2 is 1.78 bits per heavy atom. The van der Waals surface area contributed by atoms with Gasteiger partial charge in [0.2, 0.25) is 5.88 Å². The van der Waals surface area contributed by atoms with E-state index in [0.717, 1.165) is 11.6 Å². The van der Waals surface area contributed by atoms with E-state index in [4.69, 9.17) is 9.15 Å². The molecule has 0 amide bonds. The monoisotopic (exact) mass is 661 g/mol. The number of aryl methyl sites for hydroxylation is 1. The number of pyridine rings is 1. The summed E-state index contributed by atoms with van der Waals surface area (Å²) in [6, 6.07) is 10.1. The van der Waals surface area contributed by atoms with Gasteiger partial charge in [-0.2, -0.15) is 21.6 Å². The van der Waals surface area contributed by atoms with E-state index in [9.17, 15) is 31.2 Å². The van der Waals surface area contributed by atoms with E-state index in [-0.39, 0.29) is 11.7 Å². The molecule has 2 aromatic heterocycles. The number of carbonyl (C=O) groups excluding carboxylic acids is 1. The molecule has 4 aromatic rings. The Balaban J connectivity index is 0.00000235. The smallest absolute Gasteiger partial charge is 0.440 e. The normalized spacial score (nSPS) is 14.3. The van der Waals surface area contributed by atoms with Crippen LogP contribution in [0.25, 0.3) is 22.2 Å². The zero-order chi connectivity index (χ0) is 33.8. The average molecular weight is 662 g/mol. The number of ether oxygens (including phenoxy) is 1. The van der Waals surface area contributed by atoms with Crippen molar-refractivity contribution in [3.63, 3.8) is 0 Å². The highest BCUT2D eigenvalue weighted by Crippen LogP contribution is 2.36. The SMILES string of the molecule is CC.Cc1cc(C(C)Nc2cccnc2-c2ccc(OS(=O)(=O)C(F)(F)F)c(C=O)c2)c2oc(N3CCOCC3)c(C)c(=O)c2c1. The van der Waals surface area contributed by atoms with Gasteiger partial charge in [-0.25, -0.2) is 0 Å². The van der Waals surface area contributed by atoms with E-state index in [1.807, 2.05) is 38.7 Å². The van der Waals surface area contributed by atoms with Crippen molar-refractivity contribution < 1.29 is 39.7 Å². The Bertz CT molecular complexity index is 1900. The fourth-order valence-corrected chi connectivity index (χ4v) is 5.52. The molecule has 0 aliphatic carbocycles. The van der Waals surface area contributed by atoms with Crippen molar-refractivity contribution >= 4 is 38.9 Å². The summed E-state index contributed by atoms with van der Waals surface area (Å²) in [7, 11) is -5.98. The number of alkyl halides is 3. The van der Waals surface area contributed by atoms with Crippen LogP contribution in [0.2, 0.25) is 0 Å². The molecule has 0 saturated carbocycles. The molecule has 1 aliphatic heterocycles. The molecule has 1 fully saturated rings. The maximum absolute atomic E-state index is 13.5. The third-order valence-electron chi connectivity index (χ3n) is 7.20. The number of anilines is 2. The molecule has 246 valence electrons. The molecule has 14 heteroatoms. The van der Waals surface area contributed by atoms with Crippen LogP contribution >= 0.6 is 0 Å². The van der Waals surface area contributed by atoms with E-state index in [2.05, 4.69) is 14.5 Å². The lowest BCUT2D eigenvalue weighted by atomic mass is 9.99. The summed E-state index contributed by atoms with van der Waals surface area (Å²) < 4.78 is 77.6. The molecule has 1 aliphatic rings. The largest absolute Gasteiger partial charge is 0.534 e. The van der Waals surface area contributed by atoms with Gasteiger partial charge in [-0.05, 0) is 62.7 Å². The van der Waals surface area contributed by atoms with Gasteiger partial charge in [-0.1, -0.05) is 19.9 Å². The van der Waals surface area contributed by atoms with Gasteiger partial charge in [0.15, 0.2) is 17.5 Å². The highest BCUT2D eigenvalue weighted by atomic mass is 32.2. The lowest BCUT2D eigenvalue weighted by Crippen LogP contribution is -2.37. The number of aromatic nitrogens is 1. The van der Waals surface area contributed by atoms with Gasteiger partial charge in [0.1, 0.15) is 5.58 Å². The van der Waals surface area contributed by atoms with Crippen LogP contribution in [0.4, 0.5) is 24.7 Å². The molecule has 0 bridgehead atoms. The molecule has 1 atom stereocenters. The molecule has 5 rings (SSSR count). The molecule has 10 nitrogen and oxygen atoms in total. The Morgan fingerprint density at radius 3 is 2.43 bits per heavy atom. The number of nitrogens with one attached hydrogen (secondary N) is 1. The van der Waals surface area contributed by atoms with E-state index in [1.54, 1.807) is 25.1 Å². The number of hydrogen-bond donors (Lipinski definition) is 1. The first-order valence-electron chi connectivity index (χ1n) is 14.5. The summed E-state index contributed by atoms with van der Waals surface area (Å²) >= 11 is 0. The lowest BCUT2D eigenvalue weighted by molar-refractivity contribution is -0.0500. The Kier molecular flexibility index (Phi) is 10.4. The van der Waals surface area contributed by atoms with Crippen LogP contribution < -0.4 is 19.8 Å². The van der Waals surface area contributed by atoms with Gasteiger partial charge in [0.05, 0.1) is 47.2 Å². The van der Waals surface area contributed by atoms with E-state index in [1.165, 1.54) is 18.3 Å². The zero-order valence-electron chi connectivity index (χ0n) is 25.9. The third-order valence-corrected chi connectivity index (χ3v) is 8.17. The number of rotatable bonds is 8. The van der Waals surface area contributed by atoms with Crippen LogP contribution in [0.3, 0.4) is 0 Å². The number of benzene rings is 2. The maximum atomic E-state index is 13.5. The number of nitrogens with zero attached hydrogens (tertiary/aromatic N) is 2. The topological polar surface area (TPSA) is 128 Å². The number of carbonyl (C=O) groups is 1. The van der Waals surface area contributed by atoms with Crippen molar-refractivity contribution in [2.45, 2.75) is 46.2 Å². The third kappa shape index (κ3) is 7.02. The first-order valence-corrected chi connectivity index (χ1v) is 15.9. The molecular weight excluding hydrogens is 627 g/mol. The second-order valence-corrected chi connectivity index (χ2v) is 11.8. The molecule has 2 aromatic carbocycles. The zero-order valence-corrected chi connectivity index (χ0v) is 26.7. The summed E-state index contributed by atoms with van der Waals surface area (Å²) in [6.07, 6.45) is 1.68. The number of halogens is 3. The second-order valence-electron chi connectivity index (χ2n) is 10.3. The molecular formula is C32H34F3N3O7S. The predicted molar refractivity (Wildman–Crippen MR) is 169 cm³/mol. The standard InChI is InChI=1S/C30H28F3N3O7S.C2H6/c1-17-13-22(28-23(14-17)27(38)18(2)29(42-28)36-9-11-41-12-10-36)19(3)35-24-5-4-8-34-26(24)20-6-7-25(21(15-20)16-37)43-44(39,40)30(31,32)33;1-2/h4-8,13-16,19,35H,9-12H2,1-3H3;1-2H3. The number of fused-ring (bicyclic) bond motifs is 1. The first-order chi connectivity index (χ1) is 21.8. The van der Waals surface area contributed by atoms with Crippen molar-refractivity contribution in [3.8, 4) is 17.0 Å². The van der Waals surface area contributed by atoms with Crippen molar-refractivity contribution in [2.24, 2.45) is 0 Å². The fourth-order valence-electron chi connectivity index (χ4n) is 5.04. The minimum Gasteiger partial charge on any atom is -0.440 e. The average Bonchev–Trinajstić information content (AvgIpc) is 3.04. The Labute approximate surface area is 264 Å². The Morgan fingerprint density at radius 1 is 1.09 bits per heavy atom. The first kappa shape index (κ1) is 34.4. The Hall–Kier alpha value is -4.43. The van der Waals surface area contributed by atoms with E-state index >= 15 is 0 Å². The highest BCUT2D eigenvalue weighted by molar-refractivity contribution is 7.88. The van der Waals surface area contributed by atoms with Gasteiger partial charge < -0.3 is 23.6 Å². The second kappa shape index (κ2) is 13.9. The van der Waals surface area contributed by atoms with Crippen molar-refractivity contribution in [3.05, 3.63) is 81.1 Å². The number of hydrogen-bond acceptors (Lipinski definition) is 10. The molecule has 0 spiro atoms. The minimum atomic E-state index is -5.98. The van der Waals surface area contributed by atoms with Crippen LogP contribution in [-0.2, 0) is 14.9 Å². The van der Waals surface area contributed by atoms with E-state index < -0.39 is 33.0 Å². The van der Waals surface area contributed by atoms with Crippen LogP contribution in [0, 0.1) is 13.8 Å². The van der Waals surface area contributed by atoms with Gasteiger partial charge >= 0.3 is 15.6 Å². The molecule has 1 saturated heterocycles. The quantitative estimate of drug-likeness (QED) is 0.126. The lowest BCUT2D eigenvalue weighted by Gasteiger charge is -2.29. The molecule has 3 heterocycles. The van der Waals surface area contributed by atoms with Gasteiger partial charge in [-0.3, -0.25) is 14.6 Å². The predicted octanol–water partition coefficient (Wildman–Crippen LogP) is 6.55. The van der Waals surface area contributed by atoms with Gasteiger partial charge in [-0.15, -0.1) is 0 Å². The van der Waals surface area contributed by atoms with E-state index in [0.29, 0.717) is 71.2 Å². The summed E-state index contributed by atoms with van der Waals surface area (Å²) in [6.45, 7) is 11.7. The summed E-state index contributed by atoms with van der Waals surface area (Å²) in [4.78, 5) is 31.5. The van der Waals surface area contributed by atoms with Crippen molar-refractivity contribution in [2.75, 3.05) is 36.5 Å². The number of aldehydes is 1. The fraction of sp³-hybridized carbons (Fsp3) is 0.344. The van der Waals surface area contributed by atoms with Gasteiger partial charge in [0.25, 0.3) is 0 Å². The van der Waals surface area contributed by atoms with Crippen molar-refractivity contribution in [1.82, 2.24) is 4.98 Å². The summed E-state index contributed by atoms with van der Waals surface area (Å²) in [5.74, 6) is -0.283.